The SMILES string of the molecule is Cc1ccc(CC(=O)N2CCCC[C@@H]2C)cc1. The molecular weight excluding hydrogens is 210 g/mol. The third-order valence-electron chi connectivity index (χ3n) is 3.60. The molecule has 1 saturated heterocycles. The lowest BCUT2D eigenvalue weighted by Crippen LogP contribution is -2.42. The Hall–Kier alpha value is -1.31. The first kappa shape index (κ1) is 12.2. The van der Waals surface area contributed by atoms with Crippen LogP contribution in [0.4, 0.5) is 0 Å². The number of carbonyl (C=O) groups excluding carboxylic acids is 1. The molecule has 2 rings (SSSR count). The molecule has 0 unspecified atom stereocenters. The van der Waals surface area contributed by atoms with E-state index in [0.717, 1.165) is 24.9 Å². The van der Waals surface area contributed by atoms with E-state index in [2.05, 4.69) is 38.1 Å². The number of rotatable bonds is 2. The Morgan fingerprint density at radius 3 is 2.65 bits per heavy atom. The molecule has 0 N–H and O–H groups in total. The molecule has 1 heterocycles. The van der Waals surface area contributed by atoms with Crippen LogP contribution in [0.3, 0.4) is 0 Å². The molecular formula is C15H21NO. The number of nitrogens with zero attached hydrogens (tertiary/aromatic N) is 1. The van der Waals surface area contributed by atoms with Crippen LogP contribution in [0, 0.1) is 6.92 Å². The first-order valence-corrected chi connectivity index (χ1v) is 6.52. The highest BCUT2D eigenvalue weighted by Crippen LogP contribution is 2.17. The maximum absolute atomic E-state index is 12.2. The highest BCUT2D eigenvalue weighted by Gasteiger charge is 2.22. The van der Waals surface area contributed by atoms with Gasteiger partial charge in [-0.05, 0) is 38.7 Å². The summed E-state index contributed by atoms with van der Waals surface area (Å²) in [5.74, 6) is 0.279. The van der Waals surface area contributed by atoms with E-state index in [4.69, 9.17) is 0 Å². The van der Waals surface area contributed by atoms with E-state index in [0.29, 0.717) is 12.5 Å². The zero-order valence-corrected chi connectivity index (χ0v) is 10.8. The van der Waals surface area contributed by atoms with E-state index in [9.17, 15) is 4.79 Å². The highest BCUT2D eigenvalue weighted by molar-refractivity contribution is 5.79. The summed E-state index contributed by atoms with van der Waals surface area (Å²) < 4.78 is 0. The standard InChI is InChI=1S/C15H21NO/c1-12-6-8-14(9-7-12)11-15(17)16-10-4-3-5-13(16)2/h6-9,13H,3-5,10-11H2,1-2H3/t13-/m0/s1. The summed E-state index contributed by atoms with van der Waals surface area (Å²) in [4.78, 5) is 14.2. The van der Waals surface area contributed by atoms with Gasteiger partial charge >= 0.3 is 0 Å². The van der Waals surface area contributed by atoms with Crippen LogP contribution in [-0.4, -0.2) is 23.4 Å². The number of amides is 1. The number of aryl methyl sites for hydroxylation is 1. The van der Waals surface area contributed by atoms with Crippen molar-refractivity contribution in [3.05, 3.63) is 35.4 Å². The number of carbonyl (C=O) groups is 1. The van der Waals surface area contributed by atoms with E-state index in [-0.39, 0.29) is 5.91 Å². The number of likely N-dealkylation sites (tertiary alicyclic amines) is 1. The lowest BCUT2D eigenvalue weighted by molar-refractivity contribution is -0.133. The molecule has 0 bridgehead atoms. The van der Waals surface area contributed by atoms with Crippen LogP contribution in [-0.2, 0) is 11.2 Å². The van der Waals surface area contributed by atoms with Crippen molar-refractivity contribution in [2.24, 2.45) is 0 Å². The summed E-state index contributed by atoms with van der Waals surface area (Å²) >= 11 is 0. The first-order chi connectivity index (χ1) is 8.16. The second-order valence-electron chi connectivity index (χ2n) is 5.09. The molecule has 2 heteroatoms. The van der Waals surface area contributed by atoms with E-state index in [1.54, 1.807) is 0 Å². The molecule has 1 aromatic rings. The lowest BCUT2D eigenvalue weighted by Gasteiger charge is -2.33. The van der Waals surface area contributed by atoms with Crippen LogP contribution in [0.1, 0.15) is 37.3 Å². The van der Waals surface area contributed by atoms with Crippen molar-refractivity contribution in [3.63, 3.8) is 0 Å². The van der Waals surface area contributed by atoms with Gasteiger partial charge in [0.2, 0.25) is 5.91 Å². The van der Waals surface area contributed by atoms with E-state index in [1.165, 1.54) is 12.0 Å². The molecule has 1 aliphatic heterocycles. The Labute approximate surface area is 104 Å². The fraction of sp³-hybridized carbons (Fsp3) is 0.533. The summed E-state index contributed by atoms with van der Waals surface area (Å²) in [6, 6.07) is 8.68. The van der Waals surface area contributed by atoms with Crippen molar-refractivity contribution < 1.29 is 4.79 Å². The third-order valence-corrected chi connectivity index (χ3v) is 3.60. The van der Waals surface area contributed by atoms with Gasteiger partial charge in [0.1, 0.15) is 0 Å². The van der Waals surface area contributed by atoms with Gasteiger partial charge in [-0.15, -0.1) is 0 Å². The topological polar surface area (TPSA) is 20.3 Å². The van der Waals surface area contributed by atoms with E-state index >= 15 is 0 Å². The van der Waals surface area contributed by atoms with Gasteiger partial charge < -0.3 is 4.90 Å². The molecule has 2 nitrogen and oxygen atoms in total. The molecule has 1 aromatic carbocycles. The number of benzene rings is 1. The van der Waals surface area contributed by atoms with Gasteiger partial charge in [-0.3, -0.25) is 4.79 Å². The van der Waals surface area contributed by atoms with Crippen LogP contribution in [0.25, 0.3) is 0 Å². The van der Waals surface area contributed by atoms with Gasteiger partial charge in [0.25, 0.3) is 0 Å². The molecule has 0 aromatic heterocycles. The fourth-order valence-electron chi connectivity index (χ4n) is 2.45. The highest BCUT2D eigenvalue weighted by atomic mass is 16.2. The molecule has 1 amide bonds. The minimum absolute atomic E-state index is 0.279. The van der Waals surface area contributed by atoms with Crippen molar-refractivity contribution in [1.29, 1.82) is 0 Å². The Morgan fingerprint density at radius 2 is 2.00 bits per heavy atom. The lowest BCUT2D eigenvalue weighted by atomic mass is 10.0. The quantitative estimate of drug-likeness (QED) is 0.766. The molecule has 1 fully saturated rings. The molecule has 1 atom stereocenters. The normalized spacial score (nSPS) is 20.4. The zero-order valence-electron chi connectivity index (χ0n) is 10.8. The minimum atomic E-state index is 0.279. The van der Waals surface area contributed by atoms with Crippen molar-refractivity contribution in [2.45, 2.75) is 45.6 Å². The first-order valence-electron chi connectivity index (χ1n) is 6.52. The minimum Gasteiger partial charge on any atom is -0.340 e. The zero-order chi connectivity index (χ0) is 12.3. The van der Waals surface area contributed by atoms with Gasteiger partial charge in [-0.25, -0.2) is 0 Å². The Bertz CT molecular complexity index is 382. The van der Waals surface area contributed by atoms with Crippen molar-refractivity contribution in [2.75, 3.05) is 6.54 Å². The average molecular weight is 231 g/mol. The predicted octanol–water partition coefficient (Wildman–Crippen LogP) is 2.94. The van der Waals surface area contributed by atoms with Crippen LogP contribution in [0.15, 0.2) is 24.3 Å². The number of piperidine rings is 1. The van der Waals surface area contributed by atoms with Crippen molar-refractivity contribution in [1.82, 2.24) is 4.90 Å². The third kappa shape index (κ3) is 3.09. The summed E-state index contributed by atoms with van der Waals surface area (Å²) in [5, 5.41) is 0. The maximum atomic E-state index is 12.2. The van der Waals surface area contributed by atoms with Crippen LogP contribution in [0.5, 0.6) is 0 Å². The van der Waals surface area contributed by atoms with Crippen LogP contribution < -0.4 is 0 Å². The fourth-order valence-corrected chi connectivity index (χ4v) is 2.45. The Kier molecular flexibility index (Phi) is 3.82. The summed E-state index contributed by atoms with van der Waals surface area (Å²) in [5.41, 5.74) is 2.37. The maximum Gasteiger partial charge on any atom is 0.227 e. The van der Waals surface area contributed by atoms with E-state index in [1.807, 2.05) is 4.90 Å². The Morgan fingerprint density at radius 1 is 1.29 bits per heavy atom. The van der Waals surface area contributed by atoms with Gasteiger partial charge in [0.15, 0.2) is 0 Å². The van der Waals surface area contributed by atoms with Gasteiger partial charge in [-0.1, -0.05) is 29.8 Å². The van der Waals surface area contributed by atoms with E-state index < -0.39 is 0 Å². The molecule has 0 radical (unpaired) electrons. The summed E-state index contributed by atoms with van der Waals surface area (Å²) in [6.07, 6.45) is 4.11. The molecule has 92 valence electrons. The predicted molar refractivity (Wildman–Crippen MR) is 69.9 cm³/mol. The molecule has 17 heavy (non-hydrogen) atoms. The second-order valence-corrected chi connectivity index (χ2v) is 5.09. The van der Waals surface area contributed by atoms with Gasteiger partial charge in [0, 0.05) is 12.6 Å². The van der Waals surface area contributed by atoms with Crippen molar-refractivity contribution in [3.8, 4) is 0 Å². The Balaban J connectivity index is 1.98. The summed E-state index contributed by atoms with van der Waals surface area (Å²) in [7, 11) is 0. The largest absolute Gasteiger partial charge is 0.340 e. The van der Waals surface area contributed by atoms with Crippen LogP contribution >= 0.6 is 0 Å². The smallest absolute Gasteiger partial charge is 0.227 e. The van der Waals surface area contributed by atoms with Crippen molar-refractivity contribution >= 4 is 5.91 Å². The molecule has 0 spiro atoms. The van der Waals surface area contributed by atoms with Gasteiger partial charge in [0.05, 0.1) is 6.42 Å². The monoisotopic (exact) mass is 231 g/mol. The summed E-state index contributed by atoms with van der Waals surface area (Å²) in [6.45, 7) is 5.16. The number of hydrogen-bond donors (Lipinski definition) is 0. The van der Waals surface area contributed by atoms with Gasteiger partial charge in [-0.2, -0.15) is 0 Å². The molecule has 0 aliphatic carbocycles. The average Bonchev–Trinajstić information content (AvgIpc) is 2.32. The molecule has 0 saturated carbocycles. The molecule has 1 aliphatic rings. The van der Waals surface area contributed by atoms with Crippen LogP contribution in [0.2, 0.25) is 0 Å². The number of hydrogen-bond acceptors (Lipinski definition) is 1. The second kappa shape index (κ2) is 5.35.